The summed E-state index contributed by atoms with van der Waals surface area (Å²) < 4.78 is 25.9. The molecule has 8 heteroatoms. The molecule has 2 unspecified atom stereocenters. The SMILES string of the molecule is CC(=O)N1CC2CC1CN2CCOc1ccc(Oc2nc3cccc(F)c3s2)cc1. The van der Waals surface area contributed by atoms with E-state index in [1.54, 1.807) is 19.1 Å². The molecule has 3 heterocycles. The zero-order chi connectivity index (χ0) is 20.7. The Balaban J connectivity index is 1.12. The maximum atomic E-state index is 13.8. The van der Waals surface area contributed by atoms with E-state index in [0.29, 0.717) is 39.9 Å². The number of carbonyl (C=O) groups is 1. The average molecular weight is 428 g/mol. The molecule has 2 atom stereocenters. The summed E-state index contributed by atoms with van der Waals surface area (Å²) in [4.78, 5) is 20.3. The van der Waals surface area contributed by atoms with Crippen molar-refractivity contribution >= 4 is 27.5 Å². The standard InChI is InChI=1S/C22H22FN3O3S/c1-14(27)26-13-15-11-16(26)12-25(15)9-10-28-17-5-7-18(8-6-17)29-22-24-20-4-2-3-19(23)21(20)30-22/h2-8,15-16H,9-13H2,1H3. The van der Waals surface area contributed by atoms with Crippen LogP contribution in [0, 0.1) is 5.82 Å². The van der Waals surface area contributed by atoms with Gasteiger partial charge in [-0.15, -0.1) is 0 Å². The molecule has 2 bridgehead atoms. The number of aromatic nitrogens is 1. The number of carbonyl (C=O) groups excluding carboxylic acids is 1. The van der Waals surface area contributed by atoms with Crippen molar-refractivity contribution in [3.63, 3.8) is 0 Å². The Morgan fingerprint density at radius 2 is 1.97 bits per heavy atom. The van der Waals surface area contributed by atoms with Crippen molar-refractivity contribution in [1.29, 1.82) is 0 Å². The normalized spacial score (nSPS) is 20.8. The molecule has 156 valence electrons. The lowest BCUT2D eigenvalue weighted by atomic mass is 10.2. The van der Waals surface area contributed by atoms with Gasteiger partial charge in [-0.25, -0.2) is 9.37 Å². The lowest BCUT2D eigenvalue weighted by Gasteiger charge is -2.33. The molecule has 2 aliphatic rings. The van der Waals surface area contributed by atoms with Gasteiger partial charge in [0.1, 0.15) is 23.9 Å². The van der Waals surface area contributed by atoms with Gasteiger partial charge < -0.3 is 14.4 Å². The van der Waals surface area contributed by atoms with Crippen LogP contribution in [0.25, 0.3) is 10.2 Å². The number of hydrogen-bond acceptors (Lipinski definition) is 6. The van der Waals surface area contributed by atoms with E-state index >= 15 is 0 Å². The molecule has 2 aliphatic heterocycles. The molecule has 2 fully saturated rings. The first-order valence-corrected chi connectivity index (χ1v) is 10.9. The van der Waals surface area contributed by atoms with Crippen molar-refractivity contribution in [2.45, 2.75) is 25.4 Å². The second-order valence-corrected chi connectivity index (χ2v) is 8.66. The number of fused-ring (bicyclic) bond motifs is 3. The van der Waals surface area contributed by atoms with Crippen LogP contribution in [0.4, 0.5) is 4.39 Å². The van der Waals surface area contributed by atoms with E-state index in [-0.39, 0.29) is 11.7 Å². The fourth-order valence-corrected chi connectivity index (χ4v) is 5.17. The molecule has 1 aromatic heterocycles. The Morgan fingerprint density at radius 3 is 2.67 bits per heavy atom. The predicted molar refractivity (Wildman–Crippen MR) is 113 cm³/mol. The molecule has 0 radical (unpaired) electrons. The minimum atomic E-state index is -0.288. The first kappa shape index (κ1) is 19.3. The lowest BCUT2D eigenvalue weighted by molar-refractivity contribution is -0.131. The number of nitrogens with zero attached hydrogens (tertiary/aromatic N) is 3. The van der Waals surface area contributed by atoms with Crippen LogP contribution < -0.4 is 9.47 Å². The molecule has 6 nitrogen and oxygen atoms in total. The van der Waals surface area contributed by atoms with E-state index < -0.39 is 0 Å². The van der Waals surface area contributed by atoms with E-state index in [4.69, 9.17) is 9.47 Å². The quantitative estimate of drug-likeness (QED) is 0.597. The summed E-state index contributed by atoms with van der Waals surface area (Å²) in [7, 11) is 0. The summed E-state index contributed by atoms with van der Waals surface area (Å²) in [5.74, 6) is 1.29. The fourth-order valence-electron chi connectivity index (χ4n) is 4.33. The highest BCUT2D eigenvalue weighted by atomic mass is 32.1. The molecule has 0 N–H and O–H groups in total. The molecule has 1 amide bonds. The van der Waals surface area contributed by atoms with Crippen LogP contribution >= 0.6 is 11.3 Å². The van der Waals surface area contributed by atoms with Gasteiger partial charge >= 0.3 is 0 Å². The van der Waals surface area contributed by atoms with E-state index in [2.05, 4.69) is 9.88 Å². The summed E-state index contributed by atoms with van der Waals surface area (Å²) in [6.07, 6.45) is 1.07. The molecule has 2 saturated heterocycles. The first-order chi connectivity index (χ1) is 14.6. The van der Waals surface area contributed by atoms with E-state index in [0.717, 1.165) is 31.8 Å². The highest BCUT2D eigenvalue weighted by Gasteiger charge is 2.43. The van der Waals surface area contributed by atoms with E-state index in [9.17, 15) is 9.18 Å². The number of amides is 1. The Kier molecular flexibility index (Phi) is 5.04. The van der Waals surface area contributed by atoms with Gasteiger partial charge in [0.15, 0.2) is 0 Å². The predicted octanol–water partition coefficient (Wildman–Crippen LogP) is 3.91. The molecule has 5 rings (SSSR count). The summed E-state index contributed by atoms with van der Waals surface area (Å²) >= 11 is 1.19. The topological polar surface area (TPSA) is 54.9 Å². The number of ether oxygens (including phenoxy) is 2. The van der Waals surface area contributed by atoms with Gasteiger partial charge in [-0.1, -0.05) is 17.4 Å². The number of hydrogen-bond donors (Lipinski definition) is 0. The van der Waals surface area contributed by atoms with Crippen LogP contribution in [0.5, 0.6) is 16.7 Å². The first-order valence-electron chi connectivity index (χ1n) is 10.0. The molecule has 30 heavy (non-hydrogen) atoms. The van der Waals surface area contributed by atoms with Crippen LogP contribution in [0.2, 0.25) is 0 Å². The number of likely N-dealkylation sites (tertiary alicyclic amines) is 2. The van der Waals surface area contributed by atoms with Gasteiger partial charge in [0.25, 0.3) is 5.19 Å². The third kappa shape index (κ3) is 3.73. The van der Waals surface area contributed by atoms with Gasteiger partial charge in [0.2, 0.25) is 5.91 Å². The largest absolute Gasteiger partial charge is 0.492 e. The zero-order valence-electron chi connectivity index (χ0n) is 16.6. The lowest BCUT2D eigenvalue weighted by Crippen LogP contribution is -2.48. The van der Waals surface area contributed by atoms with Gasteiger partial charge in [0.05, 0.1) is 10.2 Å². The summed E-state index contributed by atoms with van der Waals surface area (Å²) in [6, 6.07) is 13.0. The van der Waals surface area contributed by atoms with Crippen molar-refractivity contribution < 1.29 is 18.7 Å². The second-order valence-electron chi connectivity index (χ2n) is 7.70. The fraction of sp³-hybridized carbons (Fsp3) is 0.364. The minimum absolute atomic E-state index is 0.177. The molecular weight excluding hydrogens is 405 g/mol. The van der Waals surface area contributed by atoms with Crippen molar-refractivity contribution in [3.05, 3.63) is 48.3 Å². The van der Waals surface area contributed by atoms with Crippen LogP contribution in [-0.2, 0) is 4.79 Å². The molecule has 0 spiro atoms. The Morgan fingerprint density at radius 1 is 1.17 bits per heavy atom. The van der Waals surface area contributed by atoms with Crippen LogP contribution in [0.15, 0.2) is 42.5 Å². The second kappa shape index (κ2) is 7.85. The van der Waals surface area contributed by atoms with Gasteiger partial charge in [-0.3, -0.25) is 9.69 Å². The number of halogens is 1. The molecule has 3 aromatic rings. The number of benzene rings is 2. The van der Waals surface area contributed by atoms with Gasteiger partial charge in [0, 0.05) is 38.6 Å². The Bertz CT molecular complexity index is 1070. The third-order valence-electron chi connectivity index (χ3n) is 5.78. The minimum Gasteiger partial charge on any atom is -0.492 e. The van der Waals surface area contributed by atoms with Gasteiger partial charge in [-0.2, -0.15) is 0 Å². The maximum absolute atomic E-state index is 13.8. The summed E-state index contributed by atoms with van der Waals surface area (Å²) in [6.45, 7) is 4.87. The molecule has 0 aliphatic carbocycles. The molecule has 0 saturated carbocycles. The highest BCUT2D eigenvalue weighted by molar-refractivity contribution is 7.20. The van der Waals surface area contributed by atoms with E-state index in [1.165, 1.54) is 17.4 Å². The van der Waals surface area contributed by atoms with Crippen LogP contribution in [0.3, 0.4) is 0 Å². The Hall–Kier alpha value is -2.71. The van der Waals surface area contributed by atoms with E-state index in [1.807, 2.05) is 29.2 Å². The zero-order valence-corrected chi connectivity index (χ0v) is 17.4. The van der Waals surface area contributed by atoms with Crippen LogP contribution in [0.1, 0.15) is 13.3 Å². The van der Waals surface area contributed by atoms with Gasteiger partial charge in [-0.05, 0) is 42.8 Å². The third-order valence-corrected chi connectivity index (χ3v) is 6.74. The number of rotatable bonds is 6. The maximum Gasteiger partial charge on any atom is 0.279 e. The average Bonchev–Trinajstić information content (AvgIpc) is 3.43. The molecule has 2 aromatic carbocycles. The highest BCUT2D eigenvalue weighted by Crippen LogP contribution is 2.33. The molecular formula is C22H22FN3O3S. The van der Waals surface area contributed by atoms with Crippen molar-refractivity contribution in [3.8, 4) is 16.7 Å². The van der Waals surface area contributed by atoms with Crippen molar-refractivity contribution in [1.82, 2.24) is 14.8 Å². The van der Waals surface area contributed by atoms with Crippen molar-refractivity contribution in [2.75, 3.05) is 26.2 Å². The number of piperazine rings is 1. The van der Waals surface area contributed by atoms with Crippen LogP contribution in [-0.4, -0.2) is 59.0 Å². The van der Waals surface area contributed by atoms with Crippen molar-refractivity contribution in [2.24, 2.45) is 0 Å². The number of thiazole rings is 1. The summed E-state index contributed by atoms with van der Waals surface area (Å²) in [5, 5.41) is 0.410. The monoisotopic (exact) mass is 427 g/mol. The Labute approximate surface area is 177 Å². The summed E-state index contributed by atoms with van der Waals surface area (Å²) in [5.41, 5.74) is 0.594. The smallest absolute Gasteiger partial charge is 0.279 e.